The van der Waals surface area contributed by atoms with Crippen molar-refractivity contribution in [2.45, 2.75) is 19.9 Å². The molecule has 0 radical (unpaired) electrons. The van der Waals surface area contributed by atoms with Crippen molar-refractivity contribution in [2.24, 2.45) is 0 Å². The SMILES string of the molecule is C=CCN(CCO)C(=O)NC(C)c1ccccc1C. The van der Waals surface area contributed by atoms with E-state index in [-0.39, 0.29) is 18.7 Å². The molecule has 0 saturated heterocycles. The minimum atomic E-state index is -0.190. The van der Waals surface area contributed by atoms with Gasteiger partial charge >= 0.3 is 6.03 Å². The lowest BCUT2D eigenvalue weighted by Crippen LogP contribution is -2.42. The molecule has 0 fully saturated rings. The van der Waals surface area contributed by atoms with E-state index in [1.165, 1.54) is 4.90 Å². The summed E-state index contributed by atoms with van der Waals surface area (Å²) in [6, 6.07) is 7.70. The van der Waals surface area contributed by atoms with E-state index in [0.717, 1.165) is 11.1 Å². The van der Waals surface area contributed by atoms with Crippen LogP contribution < -0.4 is 5.32 Å². The zero-order chi connectivity index (χ0) is 14.3. The third kappa shape index (κ3) is 4.41. The standard InChI is InChI=1S/C15H22N2O2/c1-4-9-17(10-11-18)15(19)16-13(3)14-8-6-5-7-12(14)2/h4-8,13,18H,1,9-11H2,2-3H3,(H,16,19). The molecule has 1 aromatic rings. The fraction of sp³-hybridized carbons (Fsp3) is 0.400. The van der Waals surface area contributed by atoms with Crippen LogP contribution in [0.15, 0.2) is 36.9 Å². The maximum atomic E-state index is 12.1. The molecule has 0 saturated carbocycles. The maximum Gasteiger partial charge on any atom is 0.318 e. The molecule has 1 unspecified atom stereocenters. The summed E-state index contributed by atoms with van der Waals surface area (Å²) >= 11 is 0. The van der Waals surface area contributed by atoms with Crippen LogP contribution in [0, 0.1) is 6.92 Å². The van der Waals surface area contributed by atoms with Crippen molar-refractivity contribution in [3.8, 4) is 0 Å². The largest absolute Gasteiger partial charge is 0.395 e. The number of hydrogen-bond acceptors (Lipinski definition) is 2. The van der Waals surface area contributed by atoms with Crippen LogP contribution in [0.1, 0.15) is 24.1 Å². The van der Waals surface area contributed by atoms with Gasteiger partial charge in [-0.05, 0) is 25.0 Å². The van der Waals surface area contributed by atoms with Crippen LogP contribution in [0.2, 0.25) is 0 Å². The van der Waals surface area contributed by atoms with E-state index >= 15 is 0 Å². The molecule has 0 aliphatic carbocycles. The first-order valence-electron chi connectivity index (χ1n) is 6.42. The number of hydrogen-bond donors (Lipinski definition) is 2. The molecular weight excluding hydrogens is 240 g/mol. The monoisotopic (exact) mass is 262 g/mol. The van der Waals surface area contributed by atoms with Gasteiger partial charge in [0.15, 0.2) is 0 Å². The van der Waals surface area contributed by atoms with E-state index in [0.29, 0.717) is 13.1 Å². The zero-order valence-corrected chi connectivity index (χ0v) is 11.6. The Balaban J connectivity index is 2.69. The highest BCUT2D eigenvalue weighted by molar-refractivity contribution is 5.75. The van der Waals surface area contributed by atoms with Gasteiger partial charge in [0.1, 0.15) is 0 Å². The summed E-state index contributed by atoms with van der Waals surface area (Å²) < 4.78 is 0. The predicted molar refractivity (Wildman–Crippen MR) is 77.0 cm³/mol. The van der Waals surface area contributed by atoms with Crippen LogP contribution in [0.3, 0.4) is 0 Å². The van der Waals surface area contributed by atoms with E-state index in [9.17, 15) is 4.79 Å². The highest BCUT2D eigenvalue weighted by atomic mass is 16.3. The smallest absolute Gasteiger partial charge is 0.318 e. The Labute approximate surface area is 114 Å². The van der Waals surface area contributed by atoms with Gasteiger partial charge in [-0.25, -0.2) is 4.79 Å². The second kappa shape index (κ2) is 7.59. The lowest BCUT2D eigenvalue weighted by Gasteiger charge is -2.24. The second-order valence-corrected chi connectivity index (χ2v) is 4.49. The number of urea groups is 1. The Morgan fingerprint density at radius 3 is 2.79 bits per heavy atom. The fourth-order valence-electron chi connectivity index (χ4n) is 1.98. The van der Waals surface area contributed by atoms with Crippen molar-refractivity contribution >= 4 is 6.03 Å². The van der Waals surface area contributed by atoms with Crippen molar-refractivity contribution in [3.05, 3.63) is 48.0 Å². The summed E-state index contributed by atoms with van der Waals surface area (Å²) in [5.41, 5.74) is 2.24. The molecule has 104 valence electrons. The molecule has 1 rings (SSSR count). The number of aryl methyl sites for hydroxylation is 1. The van der Waals surface area contributed by atoms with E-state index in [2.05, 4.69) is 11.9 Å². The minimum Gasteiger partial charge on any atom is -0.395 e. The second-order valence-electron chi connectivity index (χ2n) is 4.49. The molecule has 2 amide bonds. The maximum absolute atomic E-state index is 12.1. The van der Waals surface area contributed by atoms with E-state index in [1.54, 1.807) is 6.08 Å². The van der Waals surface area contributed by atoms with Crippen molar-refractivity contribution < 1.29 is 9.90 Å². The predicted octanol–water partition coefficient (Wildman–Crippen LogP) is 2.25. The molecular formula is C15H22N2O2. The zero-order valence-electron chi connectivity index (χ0n) is 11.6. The summed E-state index contributed by atoms with van der Waals surface area (Å²) in [5, 5.41) is 11.9. The lowest BCUT2D eigenvalue weighted by molar-refractivity contribution is 0.181. The Bertz CT molecular complexity index is 432. The average molecular weight is 262 g/mol. The van der Waals surface area contributed by atoms with Crippen molar-refractivity contribution in [1.29, 1.82) is 0 Å². The molecule has 19 heavy (non-hydrogen) atoms. The summed E-state index contributed by atoms with van der Waals surface area (Å²) in [7, 11) is 0. The Morgan fingerprint density at radius 2 is 2.21 bits per heavy atom. The van der Waals surface area contributed by atoms with Gasteiger partial charge in [-0.2, -0.15) is 0 Å². The molecule has 0 aromatic heterocycles. The molecule has 0 spiro atoms. The summed E-state index contributed by atoms with van der Waals surface area (Å²) in [4.78, 5) is 13.6. The Kier molecular flexibility index (Phi) is 6.09. The Morgan fingerprint density at radius 1 is 1.53 bits per heavy atom. The van der Waals surface area contributed by atoms with Crippen LogP contribution in [0.4, 0.5) is 4.79 Å². The van der Waals surface area contributed by atoms with Crippen LogP contribution >= 0.6 is 0 Å². The number of carbonyl (C=O) groups excluding carboxylic acids is 1. The normalized spacial score (nSPS) is 11.7. The van der Waals surface area contributed by atoms with Crippen molar-refractivity contribution in [3.63, 3.8) is 0 Å². The molecule has 4 heteroatoms. The van der Waals surface area contributed by atoms with Gasteiger partial charge in [0.25, 0.3) is 0 Å². The number of nitrogens with one attached hydrogen (secondary N) is 1. The molecule has 2 N–H and O–H groups in total. The number of rotatable bonds is 6. The molecule has 1 atom stereocenters. The quantitative estimate of drug-likeness (QED) is 0.773. The third-order valence-electron chi connectivity index (χ3n) is 3.00. The number of amides is 2. The summed E-state index contributed by atoms with van der Waals surface area (Å²) in [6.07, 6.45) is 1.65. The number of benzene rings is 1. The highest BCUT2D eigenvalue weighted by Gasteiger charge is 2.15. The van der Waals surface area contributed by atoms with Gasteiger partial charge in [-0.15, -0.1) is 6.58 Å². The molecule has 0 heterocycles. The van der Waals surface area contributed by atoms with E-state index in [4.69, 9.17) is 5.11 Å². The van der Waals surface area contributed by atoms with Gasteiger partial charge in [0.2, 0.25) is 0 Å². The number of aliphatic hydroxyl groups is 1. The van der Waals surface area contributed by atoms with Gasteiger partial charge in [-0.3, -0.25) is 0 Å². The average Bonchev–Trinajstić information content (AvgIpc) is 2.38. The highest BCUT2D eigenvalue weighted by Crippen LogP contribution is 2.16. The molecule has 0 aliphatic heterocycles. The number of nitrogens with zero attached hydrogens (tertiary/aromatic N) is 1. The van der Waals surface area contributed by atoms with Gasteiger partial charge in [0, 0.05) is 13.1 Å². The first kappa shape index (κ1) is 15.2. The van der Waals surface area contributed by atoms with Crippen molar-refractivity contribution in [1.82, 2.24) is 10.2 Å². The Hall–Kier alpha value is -1.81. The first-order valence-corrected chi connectivity index (χ1v) is 6.42. The molecule has 1 aromatic carbocycles. The van der Waals surface area contributed by atoms with Crippen LogP contribution in [0.25, 0.3) is 0 Å². The van der Waals surface area contributed by atoms with E-state index < -0.39 is 0 Å². The third-order valence-corrected chi connectivity index (χ3v) is 3.00. The fourth-order valence-corrected chi connectivity index (χ4v) is 1.98. The lowest BCUT2D eigenvalue weighted by atomic mass is 10.0. The van der Waals surface area contributed by atoms with Gasteiger partial charge in [-0.1, -0.05) is 30.3 Å². The van der Waals surface area contributed by atoms with Crippen LogP contribution in [-0.2, 0) is 0 Å². The topological polar surface area (TPSA) is 52.6 Å². The molecule has 0 aliphatic rings. The molecule has 0 bridgehead atoms. The van der Waals surface area contributed by atoms with Crippen LogP contribution in [0.5, 0.6) is 0 Å². The van der Waals surface area contributed by atoms with Gasteiger partial charge in [0.05, 0.1) is 12.6 Å². The van der Waals surface area contributed by atoms with Crippen LogP contribution in [-0.4, -0.2) is 35.7 Å². The van der Waals surface area contributed by atoms with Crippen molar-refractivity contribution in [2.75, 3.05) is 19.7 Å². The first-order chi connectivity index (χ1) is 9.10. The summed E-state index contributed by atoms with van der Waals surface area (Å²) in [6.45, 7) is 8.26. The summed E-state index contributed by atoms with van der Waals surface area (Å²) in [5.74, 6) is 0. The minimum absolute atomic E-state index is 0.0555. The van der Waals surface area contributed by atoms with E-state index in [1.807, 2.05) is 38.1 Å². The van der Waals surface area contributed by atoms with Gasteiger partial charge < -0.3 is 15.3 Å². The number of aliphatic hydroxyl groups excluding tert-OH is 1. The number of carbonyl (C=O) groups is 1. The molecule has 4 nitrogen and oxygen atoms in total.